The van der Waals surface area contributed by atoms with Crippen molar-refractivity contribution in [1.82, 2.24) is 20.4 Å². The quantitative estimate of drug-likeness (QED) is 0.427. The van der Waals surface area contributed by atoms with Crippen molar-refractivity contribution < 1.29 is 0 Å². The van der Waals surface area contributed by atoms with Crippen molar-refractivity contribution in [2.75, 3.05) is 13.6 Å². The Bertz CT molecular complexity index is 475. The van der Waals surface area contributed by atoms with Crippen LogP contribution in [0.25, 0.3) is 0 Å². The summed E-state index contributed by atoms with van der Waals surface area (Å²) in [5.74, 6) is 2.65. The first-order valence-electron chi connectivity index (χ1n) is 8.53. The summed E-state index contributed by atoms with van der Waals surface area (Å²) in [4.78, 5) is 4.35. The monoisotopic (exact) mass is 433 g/mol. The fourth-order valence-electron chi connectivity index (χ4n) is 3.24. The van der Waals surface area contributed by atoms with E-state index in [1.54, 1.807) is 0 Å². The number of hydrogen-bond acceptors (Lipinski definition) is 2. The molecule has 0 unspecified atom stereocenters. The Morgan fingerprint density at radius 3 is 2.57 bits per heavy atom. The number of nitrogens with one attached hydrogen (secondary N) is 2. The smallest absolute Gasteiger partial charge is 0.191 e. The summed E-state index contributed by atoms with van der Waals surface area (Å²) in [5.41, 5.74) is 1.25. The number of aromatic nitrogens is 2. The van der Waals surface area contributed by atoms with Crippen LogP contribution in [0.3, 0.4) is 0 Å². The van der Waals surface area contributed by atoms with E-state index in [0.717, 1.165) is 30.8 Å². The maximum Gasteiger partial charge on any atom is 0.191 e. The summed E-state index contributed by atoms with van der Waals surface area (Å²) in [6.07, 6.45) is 10.1. The van der Waals surface area contributed by atoms with E-state index in [9.17, 15) is 0 Å². The highest BCUT2D eigenvalue weighted by Crippen LogP contribution is 2.29. The lowest BCUT2D eigenvalue weighted by atomic mass is 9.80. The lowest BCUT2D eigenvalue weighted by molar-refractivity contribution is 0.250. The summed E-state index contributed by atoms with van der Waals surface area (Å²) in [7, 11) is 3.80. The van der Waals surface area contributed by atoms with Crippen molar-refractivity contribution in [3.05, 3.63) is 18.0 Å². The van der Waals surface area contributed by atoms with Gasteiger partial charge in [0.2, 0.25) is 0 Å². The standard InChI is InChI=1S/C17H31N5.HI/c1-13(2)15-5-7-16(8-6-15)21-17(18-3)19-10-9-14-11-20-22(4)12-14;/h11-13,15-16H,5-10H2,1-4H3,(H2,18,19,21);1H. The molecule has 0 amide bonds. The van der Waals surface area contributed by atoms with Gasteiger partial charge in [-0.3, -0.25) is 9.67 Å². The number of halogens is 1. The molecule has 1 aromatic heterocycles. The number of hydrogen-bond donors (Lipinski definition) is 2. The molecule has 1 heterocycles. The molecule has 2 N–H and O–H groups in total. The lowest BCUT2D eigenvalue weighted by Crippen LogP contribution is -2.45. The molecule has 1 aliphatic carbocycles. The molecule has 1 aromatic rings. The molecule has 0 radical (unpaired) electrons. The summed E-state index contributed by atoms with van der Waals surface area (Å²) >= 11 is 0. The van der Waals surface area contributed by atoms with Gasteiger partial charge in [0.15, 0.2) is 5.96 Å². The Morgan fingerprint density at radius 1 is 1.35 bits per heavy atom. The molecule has 0 aromatic carbocycles. The summed E-state index contributed by atoms with van der Waals surface area (Å²) in [5, 5.41) is 11.2. The van der Waals surface area contributed by atoms with Crippen molar-refractivity contribution in [1.29, 1.82) is 0 Å². The van der Waals surface area contributed by atoms with Gasteiger partial charge in [-0.1, -0.05) is 13.8 Å². The molecule has 0 atom stereocenters. The normalized spacial score (nSPS) is 21.9. The first-order valence-corrected chi connectivity index (χ1v) is 8.53. The van der Waals surface area contributed by atoms with Gasteiger partial charge in [-0.15, -0.1) is 24.0 Å². The highest BCUT2D eigenvalue weighted by atomic mass is 127. The van der Waals surface area contributed by atoms with Crippen LogP contribution in [0, 0.1) is 11.8 Å². The highest BCUT2D eigenvalue weighted by Gasteiger charge is 2.23. The van der Waals surface area contributed by atoms with Gasteiger partial charge in [0.1, 0.15) is 0 Å². The van der Waals surface area contributed by atoms with Gasteiger partial charge in [-0.2, -0.15) is 5.10 Å². The van der Waals surface area contributed by atoms with Crippen molar-refractivity contribution in [2.45, 2.75) is 52.0 Å². The second kappa shape index (κ2) is 10.2. The Balaban J connectivity index is 0.00000264. The number of rotatable bonds is 5. The minimum absolute atomic E-state index is 0. The zero-order chi connectivity index (χ0) is 15.9. The van der Waals surface area contributed by atoms with Gasteiger partial charge in [-0.05, 0) is 49.5 Å². The predicted octanol–water partition coefficient (Wildman–Crippen LogP) is 2.96. The van der Waals surface area contributed by atoms with Crippen LogP contribution >= 0.6 is 24.0 Å². The van der Waals surface area contributed by atoms with Crippen LogP contribution < -0.4 is 10.6 Å². The Labute approximate surface area is 157 Å². The third kappa shape index (κ3) is 6.69. The summed E-state index contributed by atoms with van der Waals surface area (Å²) in [6, 6.07) is 0.569. The van der Waals surface area contributed by atoms with E-state index >= 15 is 0 Å². The number of aliphatic imine (C=N–C) groups is 1. The second-order valence-corrected chi connectivity index (χ2v) is 6.77. The number of nitrogens with zero attached hydrogens (tertiary/aromatic N) is 3. The third-order valence-electron chi connectivity index (χ3n) is 4.74. The average Bonchev–Trinajstić information content (AvgIpc) is 2.92. The molecule has 2 rings (SSSR count). The van der Waals surface area contributed by atoms with E-state index in [0.29, 0.717) is 6.04 Å². The third-order valence-corrected chi connectivity index (χ3v) is 4.74. The van der Waals surface area contributed by atoms with Gasteiger partial charge in [-0.25, -0.2) is 0 Å². The topological polar surface area (TPSA) is 54.2 Å². The maximum absolute atomic E-state index is 4.35. The van der Waals surface area contributed by atoms with Gasteiger partial charge in [0.25, 0.3) is 0 Å². The molecule has 0 saturated heterocycles. The maximum atomic E-state index is 4.35. The molecule has 5 nitrogen and oxygen atoms in total. The minimum Gasteiger partial charge on any atom is -0.356 e. The van der Waals surface area contributed by atoms with Gasteiger partial charge in [0.05, 0.1) is 6.20 Å². The van der Waals surface area contributed by atoms with E-state index in [1.807, 2.05) is 25.0 Å². The molecule has 0 aliphatic heterocycles. The van der Waals surface area contributed by atoms with Gasteiger partial charge >= 0.3 is 0 Å². The zero-order valence-corrected chi connectivity index (χ0v) is 17.2. The van der Waals surface area contributed by atoms with Crippen LogP contribution in [-0.2, 0) is 13.5 Å². The van der Waals surface area contributed by atoms with Crippen LogP contribution in [0.1, 0.15) is 45.1 Å². The van der Waals surface area contributed by atoms with Crippen LogP contribution in [-0.4, -0.2) is 35.4 Å². The van der Waals surface area contributed by atoms with E-state index in [1.165, 1.54) is 31.2 Å². The molecular formula is C17H32IN5. The van der Waals surface area contributed by atoms with Crippen LogP contribution in [0.2, 0.25) is 0 Å². The fourth-order valence-corrected chi connectivity index (χ4v) is 3.24. The summed E-state index contributed by atoms with van der Waals surface area (Å²) < 4.78 is 1.84. The first-order chi connectivity index (χ1) is 10.6. The highest BCUT2D eigenvalue weighted by molar-refractivity contribution is 14.0. The number of aryl methyl sites for hydroxylation is 1. The van der Waals surface area contributed by atoms with Crippen molar-refractivity contribution in [2.24, 2.45) is 23.9 Å². The van der Waals surface area contributed by atoms with E-state index in [2.05, 4.69) is 40.8 Å². The fraction of sp³-hybridized carbons (Fsp3) is 0.765. The molecule has 23 heavy (non-hydrogen) atoms. The van der Waals surface area contributed by atoms with Gasteiger partial charge < -0.3 is 10.6 Å². The second-order valence-electron chi connectivity index (χ2n) is 6.77. The molecule has 1 aliphatic rings. The SMILES string of the molecule is CN=C(NCCc1cnn(C)c1)NC1CCC(C(C)C)CC1.I. The van der Waals surface area contributed by atoms with Crippen molar-refractivity contribution in [3.63, 3.8) is 0 Å². The Kier molecular flexibility index (Phi) is 8.94. The Morgan fingerprint density at radius 2 is 2.04 bits per heavy atom. The lowest BCUT2D eigenvalue weighted by Gasteiger charge is -2.32. The molecule has 1 saturated carbocycles. The molecule has 6 heteroatoms. The van der Waals surface area contributed by atoms with Crippen molar-refractivity contribution >= 4 is 29.9 Å². The largest absolute Gasteiger partial charge is 0.356 e. The van der Waals surface area contributed by atoms with Gasteiger partial charge in [0, 0.05) is 32.9 Å². The first kappa shape index (κ1) is 20.3. The number of guanidine groups is 1. The predicted molar refractivity (Wildman–Crippen MR) is 107 cm³/mol. The van der Waals surface area contributed by atoms with E-state index in [-0.39, 0.29) is 24.0 Å². The van der Waals surface area contributed by atoms with Crippen LogP contribution in [0.4, 0.5) is 0 Å². The average molecular weight is 433 g/mol. The molecule has 0 bridgehead atoms. The van der Waals surface area contributed by atoms with E-state index < -0.39 is 0 Å². The summed E-state index contributed by atoms with van der Waals surface area (Å²) in [6.45, 7) is 5.57. The molecular weight excluding hydrogens is 401 g/mol. The zero-order valence-electron chi connectivity index (χ0n) is 14.9. The molecule has 132 valence electrons. The Hall–Kier alpha value is -0.790. The minimum atomic E-state index is 0. The molecule has 1 fully saturated rings. The van der Waals surface area contributed by atoms with Crippen LogP contribution in [0.15, 0.2) is 17.4 Å². The molecule has 0 spiro atoms. The van der Waals surface area contributed by atoms with Crippen molar-refractivity contribution in [3.8, 4) is 0 Å². The van der Waals surface area contributed by atoms with E-state index in [4.69, 9.17) is 0 Å². The van der Waals surface area contributed by atoms with Crippen LogP contribution in [0.5, 0.6) is 0 Å².